The van der Waals surface area contributed by atoms with E-state index in [-0.39, 0.29) is 4.88 Å². The van der Waals surface area contributed by atoms with Crippen molar-refractivity contribution in [2.45, 2.75) is 6.92 Å². The zero-order valence-electron chi connectivity index (χ0n) is 9.64. The van der Waals surface area contributed by atoms with Gasteiger partial charge in [-0.2, -0.15) is 0 Å². The van der Waals surface area contributed by atoms with E-state index in [9.17, 15) is 9.59 Å². The lowest BCUT2D eigenvalue weighted by Gasteiger charge is -2.05. The molecule has 0 spiro atoms. The summed E-state index contributed by atoms with van der Waals surface area (Å²) in [5.41, 5.74) is 7.35. The Hall–Kier alpha value is -2.14. The van der Waals surface area contributed by atoms with Crippen LogP contribution in [0.5, 0.6) is 0 Å². The van der Waals surface area contributed by atoms with Gasteiger partial charge in [0.1, 0.15) is 4.88 Å². The molecule has 2 rings (SSSR count). The van der Waals surface area contributed by atoms with Crippen molar-refractivity contribution in [2.24, 2.45) is 5.73 Å². The minimum atomic E-state index is -0.973. The molecule has 0 radical (unpaired) electrons. The van der Waals surface area contributed by atoms with E-state index in [1.54, 1.807) is 18.2 Å². The van der Waals surface area contributed by atoms with Gasteiger partial charge in [0.25, 0.3) is 0 Å². The average molecular weight is 261 g/mol. The van der Waals surface area contributed by atoms with E-state index < -0.39 is 11.9 Å². The molecule has 0 aliphatic heterocycles. The van der Waals surface area contributed by atoms with Crippen molar-refractivity contribution in [2.75, 3.05) is 0 Å². The summed E-state index contributed by atoms with van der Waals surface area (Å²) in [6, 6.07) is 8.56. The summed E-state index contributed by atoms with van der Waals surface area (Å²) >= 11 is 1.12. The second-order valence-electron chi connectivity index (χ2n) is 3.88. The molecule has 18 heavy (non-hydrogen) atoms. The predicted molar refractivity (Wildman–Crippen MR) is 70.0 cm³/mol. The normalized spacial score (nSPS) is 10.3. The fraction of sp³-hybridized carbons (Fsp3) is 0.0769. The van der Waals surface area contributed by atoms with Crippen molar-refractivity contribution in [1.82, 2.24) is 0 Å². The molecule has 0 aliphatic carbocycles. The van der Waals surface area contributed by atoms with Crippen molar-refractivity contribution in [1.29, 1.82) is 0 Å². The first-order valence-electron chi connectivity index (χ1n) is 5.23. The molecule has 0 bridgehead atoms. The van der Waals surface area contributed by atoms with Crippen LogP contribution in [-0.4, -0.2) is 17.0 Å². The van der Waals surface area contributed by atoms with E-state index >= 15 is 0 Å². The summed E-state index contributed by atoms with van der Waals surface area (Å²) in [6.45, 7) is 1.87. The maximum absolute atomic E-state index is 11.4. The lowest BCUT2D eigenvalue weighted by Crippen LogP contribution is -2.12. The number of carboxylic acid groups (broad SMARTS) is 1. The van der Waals surface area contributed by atoms with E-state index in [1.165, 1.54) is 6.07 Å². The Bertz CT molecular complexity index is 631. The Morgan fingerprint density at radius 2 is 1.94 bits per heavy atom. The number of amides is 1. The minimum Gasteiger partial charge on any atom is -0.477 e. The molecule has 1 aromatic heterocycles. The standard InChI is InChI=1S/C13H11NO3S/c1-7-2-3-8(9(6-7)12(14)15)10-4-5-11(18-10)13(16)17/h2-6H,1H3,(H2,14,15)(H,16,17). The predicted octanol–water partition coefficient (Wildman–Crippen LogP) is 2.52. The number of hydrogen-bond donors (Lipinski definition) is 2. The molecule has 0 aliphatic rings. The number of nitrogens with two attached hydrogens (primary N) is 1. The molecule has 1 aromatic carbocycles. The molecule has 5 heteroatoms. The lowest BCUT2D eigenvalue weighted by molar-refractivity contribution is 0.0702. The molecular weight excluding hydrogens is 250 g/mol. The van der Waals surface area contributed by atoms with Crippen molar-refractivity contribution < 1.29 is 14.7 Å². The number of primary amides is 1. The highest BCUT2D eigenvalue weighted by Crippen LogP contribution is 2.31. The van der Waals surface area contributed by atoms with E-state index in [0.717, 1.165) is 21.8 Å². The van der Waals surface area contributed by atoms with Crippen LogP contribution in [0.3, 0.4) is 0 Å². The number of carboxylic acids is 1. The second-order valence-corrected chi connectivity index (χ2v) is 4.97. The maximum Gasteiger partial charge on any atom is 0.345 e. The highest BCUT2D eigenvalue weighted by Gasteiger charge is 2.14. The Morgan fingerprint density at radius 3 is 2.50 bits per heavy atom. The molecule has 0 saturated heterocycles. The van der Waals surface area contributed by atoms with Crippen LogP contribution < -0.4 is 5.73 Å². The van der Waals surface area contributed by atoms with Gasteiger partial charge in [-0.1, -0.05) is 17.7 Å². The van der Waals surface area contributed by atoms with Crippen molar-refractivity contribution in [3.63, 3.8) is 0 Å². The Balaban J connectivity index is 2.55. The quantitative estimate of drug-likeness (QED) is 0.890. The Morgan fingerprint density at radius 1 is 1.22 bits per heavy atom. The van der Waals surface area contributed by atoms with E-state index in [2.05, 4.69) is 0 Å². The number of aromatic carboxylic acids is 1. The second kappa shape index (κ2) is 4.62. The van der Waals surface area contributed by atoms with Gasteiger partial charge in [-0.3, -0.25) is 4.79 Å². The van der Waals surface area contributed by atoms with Crippen LogP contribution in [0.2, 0.25) is 0 Å². The summed E-state index contributed by atoms with van der Waals surface area (Å²) in [6.07, 6.45) is 0. The van der Waals surface area contributed by atoms with Crippen LogP contribution in [0.25, 0.3) is 10.4 Å². The molecule has 2 aromatic rings. The van der Waals surface area contributed by atoms with Gasteiger partial charge in [-0.05, 0) is 25.1 Å². The average Bonchev–Trinajstić information content (AvgIpc) is 2.78. The zero-order chi connectivity index (χ0) is 13.3. The highest BCUT2D eigenvalue weighted by molar-refractivity contribution is 7.17. The third-order valence-corrected chi connectivity index (χ3v) is 3.63. The van der Waals surface area contributed by atoms with Gasteiger partial charge >= 0.3 is 5.97 Å². The molecule has 0 unspecified atom stereocenters. The van der Waals surface area contributed by atoms with Gasteiger partial charge in [0.05, 0.1) is 0 Å². The number of benzene rings is 1. The highest BCUT2D eigenvalue weighted by atomic mass is 32.1. The van der Waals surface area contributed by atoms with E-state index in [0.29, 0.717) is 11.1 Å². The molecule has 3 N–H and O–H groups in total. The molecule has 1 amide bonds. The number of carbonyl (C=O) groups excluding carboxylic acids is 1. The van der Waals surface area contributed by atoms with Crippen molar-refractivity contribution in [3.8, 4) is 10.4 Å². The fourth-order valence-electron chi connectivity index (χ4n) is 1.67. The molecule has 0 saturated carbocycles. The largest absolute Gasteiger partial charge is 0.477 e. The molecule has 0 atom stereocenters. The SMILES string of the molecule is Cc1ccc(-c2ccc(C(=O)O)s2)c(C(N)=O)c1. The van der Waals surface area contributed by atoms with Crippen LogP contribution in [0.1, 0.15) is 25.6 Å². The Kier molecular flexibility index (Phi) is 3.16. The van der Waals surface area contributed by atoms with Crippen molar-refractivity contribution >= 4 is 23.2 Å². The number of hydrogen-bond acceptors (Lipinski definition) is 3. The number of thiophene rings is 1. The first kappa shape index (κ1) is 12.3. The van der Waals surface area contributed by atoms with Gasteiger partial charge in [0.15, 0.2) is 0 Å². The summed E-state index contributed by atoms with van der Waals surface area (Å²) < 4.78 is 0. The van der Waals surface area contributed by atoms with Crippen LogP contribution in [0.4, 0.5) is 0 Å². The van der Waals surface area contributed by atoms with Crippen LogP contribution in [0, 0.1) is 6.92 Å². The molecule has 4 nitrogen and oxygen atoms in total. The zero-order valence-corrected chi connectivity index (χ0v) is 10.5. The van der Waals surface area contributed by atoms with Crippen LogP contribution >= 0.6 is 11.3 Å². The summed E-state index contributed by atoms with van der Waals surface area (Å²) in [5.74, 6) is -1.49. The fourth-order valence-corrected chi connectivity index (χ4v) is 2.56. The third-order valence-electron chi connectivity index (χ3n) is 2.52. The van der Waals surface area contributed by atoms with E-state index in [4.69, 9.17) is 10.8 Å². The lowest BCUT2D eigenvalue weighted by atomic mass is 10.0. The van der Waals surface area contributed by atoms with Crippen LogP contribution in [0.15, 0.2) is 30.3 Å². The smallest absolute Gasteiger partial charge is 0.345 e. The number of rotatable bonds is 3. The summed E-state index contributed by atoms with van der Waals surface area (Å²) in [4.78, 5) is 23.2. The van der Waals surface area contributed by atoms with E-state index in [1.807, 2.05) is 13.0 Å². The minimum absolute atomic E-state index is 0.237. The number of aryl methyl sites for hydroxylation is 1. The van der Waals surface area contributed by atoms with Gasteiger partial charge < -0.3 is 10.8 Å². The summed E-state index contributed by atoms with van der Waals surface area (Å²) in [7, 11) is 0. The van der Waals surface area contributed by atoms with Crippen molar-refractivity contribution in [3.05, 3.63) is 46.3 Å². The molecule has 0 fully saturated rings. The first-order valence-corrected chi connectivity index (χ1v) is 6.04. The van der Waals surface area contributed by atoms with Crippen LogP contribution in [-0.2, 0) is 0 Å². The molecular formula is C13H11NO3S. The van der Waals surface area contributed by atoms with Gasteiger partial charge in [-0.15, -0.1) is 11.3 Å². The topological polar surface area (TPSA) is 80.4 Å². The Labute approximate surface area is 108 Å². The van der Waals surface area contributed by atoms with Gasteiger partial charge in [-0.25, -0.2) is 4.79 Å². The third kappa shape index (κ3) is 2.26. The monoisotopic (exact) mass is 261 g/mol. The number of carbonyl (C=O) groups is 2. The molecule has 1 heterocycles. The van der Waals surface area contributed by atoms with Gasteiger partial charge in [0.2, 0.25) is 5.91 Å². The maximum atomic E-state index is 11.4. The summed E-state index contributed by atoms with van der Waals surface area (Å²) in [5, 5.41) is 8.89. The molecule has 92 valence electrons. The van der Waals surface area contributed by atoms with Gasteiger partial charge in [0, 0.05) is 16.0 Å². The first-order chi connectivity index (χ1) is 8.49.